The lowest BCUT2D eigenvalue weighted by atomic mass is 10.1. The van der Waals surface area contributed by atoms with Crippen molar-refractivity contribution in [3.8, 4) is 17.2 Å². The Bertz CT molecular complexity index is 998. The van der Waals surface area contributed by atoms with Gasteiger partial charge in [0.25, 0.3) is 0 Å². The Morgan fingerprint density at radius 1 is 1.04 bits per heavy atom. The Kier molecular flexibility index (Phi) is 5.04. The highest BCUT2D eigenvalue weighted by Gasteiger charge is 2.12. The van der Waals surface area contributed by atoms with E-state index in [-0.39, 0.29) is 23.5 Å². The maximum Gasteiger partial charge on any atom is 0.337 e. The first-order chi connectivity index (χ1) is 12.5. The van der Waals surface area contributed by atoms with Crippen molar-refractivity contribution < 1.29 is 23.4 Å². The van der Waals surface area contributed by atoms with Crippen molar-refractivity contribution in [2.75, 3.05) is 13.7 Å². The molecule has 0 bridgehead atoms. The zero-order valence-electron chi connectivity index (χ0n) is 14.7. The second-order valence-electron chi connectivity index (χ2n) is 5.92. The standard InChI is InChI=1S/C20H18O6/c1-12-6-13(2)8-15(7-12)25-18-10-24-17-9-14(26-19(21)11-23-3)4-5-16(17)20(18)22/h4-10H,11H2,1-3H3. The molecule has 0 saturated carbocycles. The molecule has 0 radical (unpaired) electrons. The van der Waals surface area contributed by atoms with Gasteiger partial charge in [0.2, 0.25) is 11.2 Å². The van der Waals surface area contributed by atoms with Gasteiger partial charge in [-0.1, -0.05) is 6.07 Å². The number of carbonyl (C=O) groups excluding carboxylic acids is 1. The average Bonchev–Trinajstić information content (AvgIpc) is 2.57. The van der Waals surface area contributed by atoms with Gasteiger partial charge in [-0.3, -0.25) is 4.79 Å². The van der Waals surface area contributed by atoms with Gasteiger partial charge in [-0.2, -0.15) is 0 Å². The van der Waals surface area contributed by atoms with Gasteiger partial charge in [0.15, 0.2) is 0 Å². The summed E-state index contributed by atoms with van der Waals surface area (Å²) in [6.07, 6.45) is 1.25. The Hall–Kier alpha value is -3.12. The van der Waals surface area contributed by atoms with Crippen LogP contribution in [-0.2, 0) is 9.53 Å². The Labute approximate surface area is 149 Å². The fourth-order valence-electron chi connectivity index (χ4n) is 2.62. The number of fused-ring (bicyclic) bond motifs is 1. The summed E-state index contributed by atoms with van der Waals surface area (Å²) in [6, 6.07) is 10.2. The molecule has 0 aliphatic heterocycles. The van der Waals surface area contributed by atoms with Gasteiger partial charge >= 0.3 is 5.97 Å². The van der Waals surface area contributed by atoms with E-state index in [0.29, 0.717) is 16.7 Å². The van der Waals surface area contributed by atoms with Crippen molar-refractivity contribution in [2.45, 2.75) is 13.8 Å². The van der Waals surface area contributed by atoms with Crippen LogP contribution in [0.4, 0.5) is 0 Å². The van der Waals surface area contributed by atoms with Gasteiger partial charge in [-0.15, -0.1) is 0 Å². The molecule has 0 aliphatic carbocycles. The van der Waals surface area contributed by atoms with Crippen molar-refractivity contribution in [2.24, 2.45) is 0 Å². The number of carbonyl (C=O) groups is 1. The van der Waals surface area contributed by atoms with Crippen LogP contribution in [0.5, 0.6) is 17.2 Å². The molecular formula is C20H18O6. The van der Waals surface area contributed by atoms with Crippen LogP contribution in [0.15, 0.2) is 51.9 Å². The third-order valence-electron chi connectivity index (χ3n) is 3.63. The SMILES string of the molecule is COCC(=O)Oc1ccc2c(=O)c(Oc3cc(C)cc(C)c3)coc2c1. The fourth-order valence-corrected chi connectivity index (χ4v) is 2.62. The molecule has 134 valence electrons. The molecule has 1 aromatic heterocycles. The molecule has 0 saturated heterocycles. The van der Waals surface area contributed by atoms with Gasteiger partial charge in [-0.05, 0) is 49.2 Å². The van der Waals surface area contributed by atoms with Crippen LogP contribution in [0, 0.1) is 13.8 Å². The van der Waals surface area contributed by atoms with Crippen molar-refractivity contribution >= 4 is 16.9 Å². The van der Waals surface area contributed by atoms with E-state index in [0.717, 1.165) is 11.1 Å². The maximum atomic E-state index is 12.6. The first-order valence-electron chi connectivity index (χ1n) is 7.97. The summed E-state index contributed by atoms with van der Waals surface area (Å²) in [5.74, 6) is 0.389. The van der Waals surface area contributed by atoms with Crippen molar-refractivity contribution in [1.82, 2.24) is 0 Å². The van der Waals surface area contributed by atoms with E-state index in [1.807, 2.05) is 32.0 Å². The van der Waals surface area contributed by atoms with E-state index in [1.165, 1.54) is 31.6 Å². The molecule has 0 amide bonds. The van der Waals surface area contributed by atoms with Gasteiger partial charge in [-0.25, -0.2) is 4.79 Å². The van der Waals surface area contributed by atoms with Crippen LogP contribution in [0.2, 0.25) is 0 Å². The topological polar surface area (TPSA) is 75.0 Å². The van der Waals surface area contributed by atoms with Crippen LogP contribution < -0.4 is 14.9 Å². The number of esters is 1. The zero-order valence-corrected chi connectivity index (χ0v) is 14.7. The number of aryl methyl sites for hydroxylation is 2. The first kappa shape index (κ1) is 17.7. The van der Waals surface area contributed by atoms with Crippen LogP contribution in [0.3, 0.4) is 0 Å². The molecule has 2 aromatic carbocycles. The van der Waals surface area contributed by atoms with Crippen LogP contribution in [0.1, 0.15) is 11.1 Å². The lowest BCUT2D eigenvalue weighted by Gasteiger charge is -2.08. The highest BCUT2D eigenvalue weighted by molar-refractivity contribution is 5.81. The summed E-state index contributed by atoms with van der Waals surface area (Å²) in [6.45, 7) is 3.74. The number of ether oxygens (including phenoxy) is 3. The van der Waals surface area contributed by atoms with E-state index >= 15 is 0 Å². The van der Waals surface area contributed by atoms with E-state index in [9.17, 15) is 9.59 Å². The molecule has 0 aliphatic rings. The molecule has 0 atom stereocenters. The average molecular weight is 354 g/mol. The minimum absolute atomic E-state index is 0.0895. The lowest BCUT2D eigenvalue weighted by molar-refractivity contribution is -0.138. The summed E-state index contributed by atoms with van der Waals surface area (Å²) in [7, 11) is 1.40. The highest BCUT2D eigenvalue weighted by Crippen LogP contribution is 2.25. The summed E-state index contributed by atoms with van der Waals surface area (Å²) >= 11 is 0. The zero-order chi connectivity index (χ0) is 18.7. The van der Waals surface area contributed by atoms with E-state index in [1.54, 1.807) is 0 Å². The predicted octanol–water partition coefficient (Wildman–Crippen LogP) is 3.75. The van der Waals surface area contributed by atoms with E-state index < -0.39 is 5.97 Å². The Balaban J connectivity index is 1.91. The van der Waals surface area contributed by atoms with E-state index in [4.69, 9.17) is 18.6 Å². The summed E-state index contributed by atoms with van der Waals surface area (Å²) in [5, 5.41) is 0.332. The summed E-state index contributed by atoms with van der Waals surface area (Å²) in [4.78, 5) is 24.1. The second-order valence-corrected chi connectivity index (χ2v) is 5.92. The molecule has 0 unspecified atom stereocenters. The van der Waals surface area contributed by atoms with Crippen molar-refractivity contribution in [1.29, 1.82) is 0 Å². The van der Waals surface area contributed by atoms with Gasteiger partial charge < -0.3 is 18.6 Å². The number of rotatable bonds is 5. The normalized spacial score (nSPS) is 10.7. The van der Waals surface area contributed by atoms with Crippen LogP contribution >= 0.6 is 0 Å². The molecule has 6 heteroatoms. The third-order valence-corrected chi connectivity index (χ3v) is 3.63. The Morgan fingerprint density at radius 2 is 1.77 bits per heavy atom. The molecular weight excluding hydrogens is 336 g/mol. The minimum atomic E-state index is -0.538. The molecule has 0 spiro atoms. The number of hydrogen-bond acceptors (Lipinski definition) is 6. The summed E-state index contributed by atoms with van der Waals surface area (Å²) in [5.41, 5.74) is 2.06. The fraction of sp³-hybridized carbons (Fsp3) is 0.200. The van der Waals surface area contributed by atoms with Gasteiger partial charge in [0.1, 0.15) is 30.0 Å². The third kappa shape index (κ3) is 3.92. The van der Waals surface area contributed by atoms with Gasteiger partial charge in [0.05, 0.1) is 5.39 Å². The predicted molar refractivity (Wildman–Crippen MR) is 96.0 cm³/mol. The second kappa shape index (κ2) is 7.41. The van der Waals surface area contributed by atoms with Gasteiger partial charge in [0, 0.05) is 13.2 Å². The van der Waals surface area contributed by atoms with Crippen molar-refractivity contribution in [3.05, 3.63) is 64.0 Å². The molecule has 3 rings (SSSR count). The lowest BCUT2D eigenvalue weighted by Crippen LogP contribution is -2.14. The first-order valence-corrected chi connectivity index (χ1v) is 7.97. The monoisotopic (exact) mass is 354 g/mol. The molecule has 0 N–H and O–H groups in total. The van der Waals surface area contributed by atoms with Crippen molar-refractivity contribution in [3.63, 3.8) is 0 Å². The Morgan fingerprint density at radius 3 is 2.46 bits per heavy atom. The van der Waals surface area contributed by atoms with Crippen LogP contribution in [0.25, 0.3) is 11.0 Å². The molecule has 6 nitrogen and oxygen atoms in total. The molecule has 1 heterocycles. The quantitative estimate of drug-likeness (QED) is 0.513. The summed E-state index contributed by atoms with van der Waals surface area (Å²) < 4.78 is 21.0. The number of benzene rings is 2. The van der Waals surface area contributed by atoms with E-state index in [2.05, 4.69) is 0 Å². The largest absolute Gasteiger partial charge is 0.460 e. The molecule has 0 fully saturated rings. The number of methoxy groups -OCH3 is 1. The molecule has 3 aromatic rings. The maximum absolute atomic E-state index is 12.6. The number of hydrogen-bond donors (Lipinski definition) is 0. The minimum Gasteiger partial charge on any atom is -0.460 e. The van der Waals surface area contributed by atoms with Crippen LogP contribution in [-0.4, -0.2) is 19.7 Å². The molecule has 26 heavy (non-hydrogen) atoms. The highest BCUT2D eigenvalue weighted by atomic mass is 16.6. The smallest absolute Gasteiger partial charge is 0.337 e.